The molecule has 1 rings (SSSR count). The summed E-state index contributed by atoms with van der Waals surface area (Å²) in [7, 11) is 0. The summed E-state index contributed by atoms with van der Waals surface area (Å²) in [5.74, 6) is 0.997. The molecular formula is C11H18F3N3O2. The van der Waals surface area contributed by atoms with Crippen LogP contribution in [0.3, 0.4) is 0 Å². The van der Waals surface area contributed by atoms with Crippen LogP contribution in [-0.4, -0.2) is 29.5 Å². The molecule has 8 heteroatoms. The van der Waals surface area contributed by atoms with Gasteiger partial charge in [0, 0.05) is 6.42 Å². The van der Waals surface area contributed by atoms with Crippen LogP contribution < -0.4 is 5.73 Å². The average molecular weight is 281 g/mol. The zero-order valence-corrected chi connectivity index (χ0v) is 10.9. The summed E-state index contributed by atoms with van der Waals surface area (Å²) in [4.78, 5) is 4.03. The first-order chi connectivity index (χ1) is 8.78. The highest BCUT2D eigenvalue weighted by Crippen LogP contribution is 2.17. The van der Waals surface area contributed by atoms with Crippen molar-refractivity contribution in [2.75, 3.05) is 13.2 Å². The van der Waals surface area contributed by atoms with E-state index in [2.05, 4.69) is 14.9 Å². The standard InChI is InChI=1S/C11H18F3N3O2/c1-7(2)5-8(15)10-16-9(17-19-10)3-4-18-6-11(12,13)14/h7-8H,3-6,15H2,1-2H3. The van der Waals surface area contributed by atoms with Crippen molar-refractivity contribution in [3.8, 4) is 0 Å². The Morgan fingerprint density at radius 1 is 1.37 bits per heavy atom. The van der Waals surface area contributed by atoms with Crippen LogP contribution in [0.25, 0.3) is 0 Å². The Bertz CT molecular complexity index is 380. The molecule has 1 unspecified atom stereocenters. The van der Waals surface area contributed by atoms with Gasteiger partial charge in [-0.3, -0.25) is 0 Å². The van der Waals surface area contributed by atoms with E-state index >= 15 is 0 Å². The van der Waals surface area contributed by atoms with Crippen molar-refractivity contribution < 1.29 is 22.4 Å². The smallest absolute Gasteiger partial charge is 0.372 e. The molecule has 0 spiro atoms. The molecule has 5 nitrogen and oxygen atoms in total. The van der Waals surface area contributed by atoms with Crippen LogP contribution in [0.5, 0.6) is 0 Å². The van der Waals surface area contributed by atoms with Crippen LogP contribution in [-0.2, 0) is 11.2 Å². The van der Waals surface area contributed by atoms with E-state index in [1.54, 1.807) is 0 Å². The van der Waals surface area contributed by atoms with Crippen molar-refractivity contribution in [1.82, 2.24) is 10.1 Å². The fourth-order valence-electron chi connectivity index (χ4n) is 1.48. The molecule has 0 fully saturated rings. The monoisotopic (exact) mass is 281 g/mol. The molecule has 1 heterocycles. The van der Waals surface area contributed by atoms with Crippen LogP contribution in [0, 0.1) is 5.92 Å². The first-order valence-corrected chi connectivity index (χ1v) is 6.00. The van der Waals surface area contributed by atoms with Gasteiger partial charge in [0.1, 0.15) is 6.61 Å². The summed E-state index contributed by atoms with van der Waals surface area (Å²) < 4.78 is 44.9. The molecule has 0 amide bonds. The molecule has 110 valence electrons. The highest BCUT2D eigenvalue weighted by molar-refractivity contribution is 4.92. The first-order valence-electron chi connectivity index (χ1n) is 6.00. The summed E-state index contributed by atoms with van der Waals surface area (Å²) >= 11 is 0. The molecule has 0 radical (unpaired) electrons. The molecule has 0 aliphatic rings. The highest BCUT2D eigenvalue weighted by atomic mass is 19.4. The SMILES string of the molecule is CC(C)CC(N)c1nc(CCOCC(F)(F)F)no1. The van der Waals surface area contributed by atoms with Crippen LogP contribution in [0.4, 0.5) is 13.2 Å². The summed E-state index contributed by atoms with van der Waals surface area (Å²) in [5.41, 5.74) is 5.84. The van der Waals surface area contributed by atoms with Gasteiger partial charge in [0.2, 0.25) is 5.89 Å². The summed E-state index contributed by atoms with van der Waals surface area (Å²) in [6.07, 6.45) is -3.46. The summed E-state index contributed by atoms with van der Waals surface area (Å²) in [6.45, 7) is 2.65. The van der Waals surface area contributed by atoms with Gasteiger partial charge in [-0.1, -0.05) is 19.0 Å². The molecule has 2 N–H and O–H groups in total. The van der Waals surface area contributed by atoms with Gasteiger partial charge in [0.05, 0.1) is 12.6 Å². The van der Waals surface area contributed by atoms with Crippen molar-refractivity contribution in [2.24, 2.45) is 11.7 Å². The minimum Gasteiger partial charge on any atom is -0.372 e. The molecule has 19 heavy (non-hydrogen) atoms. The Balaban J connectivity index is 2.34. The molecule has 0 aliphatic carbocycles. The van der Waals surface area contributed by atoms with E-state index in [0.29, 0.717) is 24.1 Å². The maximum absolute atomic E-state index is 11.8. The number of hydrogen-bond donors (Lipinski definition) is 1. The van der Waals surface area contributed by atoms with E-state index in [1.807, 2.05) is 13.8 Å². The second-order valence-electron chi connectivity index (χ2n) is 4.70. The van der Waals surface area contributed by atoms with Gasteiger partial charge in [0.25, 0.3) is 0 Å². The summed E-state index contributed by atoms with van der Waals surface area (Å²) in [5, 5.41) is 3.65. The zero-order chi connectivity index (χ0) is 14.5. The van der Waals surface area contributed by atoms with Crippen LogP contribution in [0.2, 0.25) is 0 Å². The Kier molecular flexibility index (Phi) is 5.74. The Hall–Kier alpha value is -1.15. The fraction of sp³-hybridized carbons (Fsp3) is 0.818. The van der Waals surface area contributed by atoms with Gasteiger partial charge < -0.3 is 15.0 Å². The molecule has 0 saturated heterocycles. The van der Waals surface area contributed by atoms with Gasteiger partial charge in [-0.2, -0.15) is 18.2 Å². The Labute approximate surface area is 109 Å². The maximum Gasteiger partial charge on any atom is 0.411 e. The van der Waals surface area contributed by atoms with Crippen molar-refractivity contribution in [3.63, 3.8) is 0 Å². The predicted molar refractivity (Wildman–Crippen MR) is 61.3 cm³/mol. The number of aromatic nitrogens is 2. The van der Waals surface area contributed by atoms with E-state index in [1.165, 1.54) is 0 Å². The minimum absolute atomic E-state index is 0.113. The number of ether oxygens (including phenoxy) is 1. The number of hydrogen-bond acceptors (Lipinski definition) is 5. The maximum atomic E-state index is 11.8. The molecule has 0 aromatic carbocycles. The van der Waals surface area contributed by atoms with Gasteiger partial charge in [-0.25, -0.2) is 0 Å². The van der Waals surface area contributed by atoms with Gasteiger partial charge in [0.15, 0.2) is 5.82 Å². The normalized spacial score (nSPS) is 14.1. The lowest BCUT2D eigenvalue weighted by Gasteiger charge is -2.08. The Morgan fingerprint density at radius 2 is 2.05 bits per heavy atom. The third kappa shape index (κ3) is 6.53. The van der Waals surface area contributed by atoms with E-state index in [-0.39, 0.29) is 19.1 Å². The number of nitrogens with zero attached hydrogens (tertiary/aromatic N) is 2. The topological polar surface area (TPSA) is 74.2 Å². The van der Waals surface area contributed by atoms with Crippen molar-refractivity contribution >= 4 is 0 Å². The van der Waals surface area contributed by atoms with Crippen LogP contribution in [0.15, 0.2) is 4.52 Å². The zero-order valence-electron chi connectivity index (χ0n) is 10.9. The van der Waals surface area contributed by atoms with Crippen molar-refractivity contribution in [2.45, 2.75) is 38.9 Å². The lowest BCUT2D eigenvalue weighted by Crippen LogP contribution is -2.18. The molecule has 0 saturated carbocycles. The number of halogens is 3. The predicted octanol–water partition coefficient (Wildman–Crippen LogP) is 2.24. The largest absolute Gasteiger partial charge is 0.411 e. The van der Waals surface area contributed by atoms with Gasteiger partial charge in [-0.05, 0) is 12.3 Å². The van der Waals surface area contributed by atoms with E-state index in [9.17, 15) is 13.2 Å². The summed E-state index contributed by atoms with van der Waals surface area (Å²) in [6, 6.07) is -0.350. The molecule has 1 aromatic rings. The van der Waals surface area contributed by atoms with E-state index in [0.717, 1.165) is 0 Å². The molecule has 0 bridgehead atoms. The second kappa shape index (κ2) is 6.85. The van der Waals surface area contributed by atoms with Gasteiger partial charge >= 0.3 is 6.18 Å². The molecule has 1 atom stereocenters. The number of alkyl halides is 3. The lowest BCUT2D eigenvalue weighted by atomic mass is 10.0. The Morgan fingerprint density at radius 3 is 2.63 bits per heavy atom. The number of rotatable bonds is 7. The third-order valence-corrected chi connectivity index (χ3v) is 2.26. The third-order valence-electron chi connectivity index (χ3n) is 2.26. The minimum atomic E-state index is -4.32. The van der Waals surface area contributed by atoms with Crippen molar-refractivity contribution in [1.29, 1.82) is 0 Å². The van der Waals surface area contributed by atoms with Crippen LogP contribution in [0.1, 0.15) is 38.0 Å². The van der Waals surface area contributed by atoms with E-state index in [4.69, 9.17) is 10.3 Å². The molecule has 1 aromatic heterocycles. The highest BCUT2D eigenvalue weighted by Gasteiger charge is 2.27. The number of nitrogens with two attached hydrogens (primary N) is 1. The average Bonchev–Trinajstić information content (AvgIpc) is 2.71. The van der Waals surface area contributed by atoms with E-state index < -0.39 is 12.8 Å². The first kappa shape index (κ1) is 15.9. The lowest BCUT2D eigenvalue weighted by molar-refractivity contribution is -0.173. The molecule has 0 aliphatic heterocycles. The fourth-order valence-corrected chi connectivity index (χ4v) is 1.48. The van der Waals surface area contributed by atoms with Gasteiger partial charge in [-0.15, -0.1) is 0 Å². The van der Waals surface area contributed by atoms with Crippen molar-refractivity contribution in [3.05, 3.63) is 11.7 Å². The quantitative estimate of drug-likeness (QED) is 0.776. The van der Waals surface area contributed by atoms with Crippen LogP contribution >= 0.6 is 0 Å². The molecular weight excluding hydrogens is 263 g/mol. The second-order valence-corrected chi connectivity index (χ2v) is 4.70.